The van der Waals surface area contributed by atoms with Crippen molar-refractivity contribution in [1.29, 1.82) is 0 Å². The highest BCUT2D eigenvalue weighted by Gasteiger charge is 2.38. The molecule has 1 aromatic rings. The summed E-state index contributed by atoms with van der Waals surface area (Å²) in [5.41, 5.74) is 1.23. The Balaban J connectivity index is 1.93. The minimum Gasteiger partial charge on any atom is -0.463 e. The van der Waals surface area contributed by atoms with Crippen LogP contribution in [0.5, 0.6) is 0 Å². The predicted molar refractivity (Wildman–Crippen MR) is 119 cm³/mol. The number of esters is 1. The van der Waals surface area contributed by atoms with Crippen LogP contribution in [0.1, 0.15) is 25.5 Å². The molecule has 1 fully saturated rings. The van der Waals surface area contributed by atoms with E-state index in [9.17, 15) is 18.8 Å². The van der Waals surface area contributed by atoms with Gasteiger partial charge in [0.2, 0.25) is 5.91 Å². The average molecular weight is 463 g/mol. The number of methoxy groups -OCH3 is 1. The Kier molecular flexibility index (Phi) is 8.04. The molecule has 0 aromatic heterocycles. The summed E-state index contributed by atoms with van der Waals surface area (Å²) in [4.78, 5) is 43.3. The third-order valence-electron chi connectivity index (χ3n) is 5.93. The first-order chi connectivity index (χ1) is 15.8. The highest BCUT2D eigenvalue weighted by molar-refractivity contribution is 5.95. The summed E-state index contributed by atoms with van der Waals surface area (Å²) < 4.78 is 24.2. The summed E-state index contributed by atoms with van der Waals surface area (Å²) in [6.45, 7) is 5.80. The third kappa shape index (κ3) is 5.51. The van der Waals surface area contributed by atoms with Crippen LogP contribution in [0.15, 0.2) is 35.5 Å². The molecule has 0 bridgehead atoms. The second kappa shape index (κ2) is 10.8. The van der Waals surface area contributed by atoms with E-state index in [1.165, 1.54) is 30.2 Å². The number of carbonyl (C=O) groups excluding carboxylic acids is 3. The standard InChI is InChI=1S/C23H31FN4O5/c1-5-33-22(30)20-18(13-27-9-10-28(15(2)12-27)19(29)14-32-4)26(3)23(31)25-21(20)16-7-6-8-17(24)11-16/h6-8,11,15,21H,5,9-10,12-14H2,1-4H3,(H,25,31)/t15-,21+/m0/s1. The number of hydrogen-bond acceptors (Lipinski definition) is 6. The molecule has 3 rings (SSSR count). The van der Waals surface area contributed by atoms with Gasteiger partial charge in [0.1, 0.15) is 12.4 Å². The molecule has 2 heterocycles. The van der Waals surface area contributed by atoms with Crippen molar-refractivity contribution in [3.05, 3.63) is 46.9 Å². The monoisotopic (exact) mass is 462 g/mol. The second-order valence-electron chi connectivity index (χ2n) is 8.18. The molecule has 1 saturated heterocycles. The van der Waals surface area contributed by atoms with E-state index in [4.69, 9.17) is 9.47 Å². The zero-order chi connectivity index (χ0) is 24.1. The van der Waals surface area contributed by atoms with Crippen molar-refractivity contribution in [3.63, 3.8) is 0 Å². The van der Waals surface area contributed by atoms with Crippen molar-refractivity contribution in [3.8, 4) is 0 Å². The van der Waals surface area contributed by atoms with Crippen LogP contribution in [0, 0.1) is 5.82 Å². The molecule has 0 radical (unpaired) electrons. The van der Waals surface area contributed by atoms with Crippen LogP contribution in [0.25, 0.3) is 0 Å². The molecule has 33 heavy (non-hydrogen) atoms. The number of likely N-dealkylation sites (N-methyl/N-ethyl adjacent to an activating group) is 1. The summed E-state index contributed by atoms with van der Waals surface area (Å²) in [7, 11) is 3.08. The predicted octanol–water partition coefficient (Wildman–Crippen LogP) is 1.52. The molecular weight excluding hydrogens is 431 g/mol. The van der Waals surface area contributed by atoms with Gasteiger partial charge in [-0.25, -0.2) is 14.0 Å². The Bertz CT molecular complexity index is 937. The van der Waals surface area contributed by atoms with Crippen molar-refractivity contribution < 1.29 is 28.2 Å². The number of amides is 3. The van der Waals surface area contributed by atoms with E-state index >= 15 is 0 Å². The van der Waals surface area contributed by atoms with E-state index < -0.39 is 23.9 Å². The van der Waals surface area contributed by atoms with Crippen molar-refractivity contribution in [2.24, 2.45) is 0 Å². The lowest BCUT2D eigenvalue weighted by Gasteiger charge is -2.42. The number of urea groups is 1. The summed E-state index contributed by atoms with van der Waals surface area (Å²) in [6, 6.07) is 4.52. The molecule has 3 amide bonds. The molecular formula is C23H31FN4O5. The average Bonchev–Trinajstić information content (AvgIpc) is 2.77. The maximum atomic E-state index is 13.9. The lowest BCUT2D eigenvalue weighted by molar-refractivity contribution is -0.139. The maximum Gasteiger partial charge on any atom is 0.338 e. The number of piperazine rings is 1. The van der Waals surface area contributed by atoms with Gasteiger partial charge in [-0.15, -0.1) is 0 Å². The highest BCUT2D eigenvalue weighted by atomic mass is 19.1. The van der Waals surface area contributed by atoms with E-state index in [-0.39, 0.29) is 30.7 Å². The number of benzene rings is 1. The normalized spacial score (nSPS) is 21.8. The second-order valence-corrected chi connectivity index (χ2v) is 8.18. The molecule has 0 spiro atoms. The van der Waals surface area contributed by atoms with Crippen LogP contribution >= 0.6 is 0 Å². The number of carbonyl (C=O) groups is 3. The molecule has 180 valence electrons. The summed E-state index contributed by atoms with van der Waals surface area (Å²) in [6.07, 6.45) is 0. The first-order valence-electron chi connectivity index (χ1n) is 11.0. The molecule has 2 aliphatic heterocycles. The van der Waals surface area contributed by atoms with Crippen LogP contribution in [-0.4, -0.2) is 92.2 Å². The molecule has 0 aliphatic carbocycles. The van der Waals surface area contributed by atoms with Crippen molar-refractivity contribution >= 4 is 17.9 Å². The third-order valence-corrected chi connectivity index (χ3v) is 5.93. The molecule has 2 aliphatic rings. The van der Waals surface area contributed by atoms with Crippen LogP contribution in [0.3, 0.4) is 0 Å². The molecule has 10 heteroatoms. The van der Waals surface area contributed by atoms with Gasteiger partial charge in [0.25, 0.3) is 0 Å². The zero-order valence-corrected chi connectivity index (χ0v) is 19.5. The lowest BCUT2D eigenvalue weighted by atomic mass is 9.94. The van der Waals surface area contributed by atoms with Crippen LogP contribution in [-0.2, 0) is 19.1 Å². The minimum atomic E-state index is -0.833. The topological polar surface area (TPSA) is 91.4 Å². The Labute approximate surface area is 193 Å². The van der Waals surface area contributed by atoms with Gasteiger partial charge in [-0.05, 0) is 31.5 Å². The largest absolute Gasteiger partial charge is 0.463 e. The summed E-state index contributed by atoms with van der Waals surface area (Å²) in [5, 5.41) is 2.79. The van der Waals surface area contributed by atoms with Gasteiger partial charge in [0, 0.05) is 52.1 Å². The molecule has 9 nitrogen and oxygen atoms in total. The minimum absolute atomic E-state index is 0.0285. The number of ether oxygens (including phenoxy) is 2. The number of nitrogens with zero attached hydrogens (tertiary/aromatic N) is 3. The highest BCUT2D eigenvalue weighted by Crippen LogP contribution is 2.32. The fourth-order valence-electron chi connectivity index (χ4n) is 4.30. The van der Waals surface area contributed by atoms with Crippen LogP contribution in [0.4, 0.5) is 9.18 Å². The van der Waals surface area contributed by atoms with E-state index in [0.717, 1.165) is 0 Å². The first kappa shape index (κ1) is 24.7. The van der Waals surface area contributed by atoms with Gasteiger partial charge in [-0.1, -0.05) is 12.1 Å². The fraction of sp³-hybridized carbons (Fsp3) is 0.522. The van der Waals surface area contributed by atoms with E-state index in [2.05, 4.69) is 10.2 Å². The Morgan fingerprint density at radius 2 is 2.03 bits per heavy atom. The summed E-state index contributed by atoms with van der Waals surface area (Å²) >= 11 is 0. The SMILES string of the molecule is CCOC(=O)C1=C(CN2CCN(C(=O)COC)[C@@H](C)C2)N(C)C(=O)N[C@@H]1c1cccc(F)c1. The number of rotatable bonds is 7. The molecule has 2 atom stereocenters. The molecule has 1 N–H and O–H groups in total. The van der Waals surface area contributed by atoms with Crippen molar-refractivity contribution in [1.82, 2.24) is 20.0 Å². The smallest absolute Gasteiger partial charge is 0.338 e. The van der Waals surface area contributed by atoms with Crippen molar-refractivity contribution in [2.45, 2.75) is 25.9 Å². The van der Waals surface area contributed by atoms with Gasteiger partial charge in [-0.3, -0.25) is 14.6 Å². The Morgan fingerprint density at radius 1 is 1.27 bits per heavy atom. The number of halogens is 1. The van der Waals surface area contributed by atoms with E-state index in [1.54, 1.807) is 24.9 Å². The number of hydrogen-bond donors (Lipinski definition) is 1. The number of nitrogens with one attached hydrogen (secondary N) is 1. The maximum absolute atomic E-state index is 13.9. The molecule has 0 unspecified atom stereocenters. The lowest BCUT2D eigenvalue weighted by Crippen LogP contribution is -2.56. The fourth-order valence-corrected chi connectivity index (χ4v) is 4.30. The first-order valence-corrected chi connectivity index (χ1v) is 11.0. The van der Waals surface area contributed by atoms with Crippen LogP contribution < -0.4 is 5.32 Å². The van der Waals surface area contributed by atoms with Gasteiger partial charge in [-0.2, -0.15) is 0 Å². The summed E-state index contributed by atoms with van der Waals surface area (Å²) in [5.74, 6) is -1.09. The Hall–Kier alpha value is -2.98. The van der Waals surface area contributed by atoms with Crippen molar-refractivity contribution in [2.75, 3.05) is 53.6 Å². The molecule has 1 aromatic carbocycles. The molecule has 0 saturated carbocycles. The van der Waals surface area contributed by atoms with Gasteiger partial charge in [0.15, 0.2) is 0 Å². The van der Waals surface area contributed by atoms with E-state index in [1.807, 2.05) is 6.92 Å². The van der Waals surface area contributed by atoms with Gasteiger partial charge in [0.05, 0.1) is 18.2 Å². The van der Waals surface area contributed by atoms with Gasteiger partial charge >= 0.3 is 12.0 Å². The zero-order valence-electron chi connectivity index (χ0n) is 19.5. The van der Waals surface area contributed by atoms with Crippen LogP contribution in [0.2, 0.25) is 0 Å². The van der Waals surface area contributed by atoms with Gasteiger partial charge < -0.3 is 19.7 Å². The quantitative estimate of drug-likeness (QED) is 0.618. The van der Waals surface area contributed by atoms with E-state index in [0.29, 0.717) is 37.4 Å². The Morgan fingerprint density at radius 3 is 2.67 bits per heavy atom.